The number of nitrogens with one attached hydrogen (secondary N) is 1. The van der Waals surface area contributed by atoms with Crippen LogP contribution < -0.4 is 0 Å². The van der Waals surface area contributed by atoms with E-state index < -0.39 is 16.9 Å². The van der Waals surface area contributed by atoms with Crippen LogP contribution >= 0.6 is 0 Å². The lowest BCUT2D eigenvalue weighted by Gasteiger charge is -2.04. The Bertz CT molecular complexity index is 1010. The van der Waals surface area contributed by atoms with Gasteiger partial charge in [-0.25, -0.2) is 14.6 Å². The monoisotopic (exact) mass is 369 g/mol. The molecule has 2 N–H and O–H groups in total. The minimum absolute atomic E-state index is 0.0134. The number of hydrogen-bond donors (Lipinski definition) is 2. The lowest BCUT2D eigenvalue weighted by molar-refractivity contribution is -0.384. The second kappa shape index (κ2) is 7.65. The molecule has 0 amide bonds. The summed E-state index contributed by atoms with van der Waals surface area (Å²) in [6.07, 6.45) is 1.02. The molecule has 2 aromatic carbocycles. The predicted octanol–water partition coefficient (Wildman–Crippen LogP) is 2.96. The van der Waals surface area contributed by atoms with Gasteiger partial charge in [0.15, 0.2) is 0 Å². The number of nitrogens with zero attached hydrogens (tertiary/aromatic N) is 2. The molecule has 9 nitrogen and oxygen atoms in total. The van der Waals surface area contributed by atoms with Crippen LogP contribution in [0.3, 0.4) is 0 Å². The number of hydrogen-bond acceptors (Lipinski definition) is 6. The molecule has 3 aromatic rings. The molecule has 0 atom stereocenters. The first kappa shape index (κ1) is 18.1. The van der Waals surface area contributed by atoms with Crippen LogP contribution in [0.1, 0.15) is 33.0 Å². The lowest BCUT2D eigenvalue weighted by atomic mass is 10.1. The summed E-state index contributed by atoms with van der Waals surface area (Å²) in [7, 11) is 0. The summed E-state index contributed by atoms with van der Waals surface area (Å²) in [4.78, 5) is 40.4. The fourth-order valence-electron chi connectivity index (χ4n) is 2.52. The Hall–Kier alpha value is -3.75. The molecular formula is C18H15N3O6. The van der Waals surface area contributed by atoms with Crippen LogP contribution in [-0.4, -0.2) is 38.5 Å². The number of carbonyl (C=O) groups excluding carboxylic acids is 1. The number of H-pyrrole nitrogens is 1. The Morgan fingerprint density at radius 3 is 2.52 bits per heavy atom. The molecule has 0 aliphatic rings. The first-order valence-corrected chi connectivity index (χ1v) is 8.07. The first-order chi connectivity index (χ1) is 12.9. The van der Waals surface area contributed by atoms with Gasteiger partial charge in [0.25, 0.3) is 5.69 Å². The van der Waals surface area contributed by atoms with Crippen molar-refractivity contribution in [1.29, 1.82) is 0 Å². The number of aromatic nitrogens is 2. The Morgan fingerprint density at radius 1 is 1.15 bits per heavy atom. The van der Waals surface area contributed by atoms with E-state index in [9.17, 15) is 19.7 Å². The van der Waals surface area contributed by atoms with Crippen molar-refractivity contribution in [3.63, 3.8) is 0 Å². The van der Waals surface area contributed by atoms with Crippen LogP contribution in [0.15, 0.2) is 42.5 Å². The van der Waals surface area contributed by atoms with Gasteiger partial charge in [-0.3, -0.25) is 10.1 Å². The third-order valence-corrected chi connectivity index (χ3v) is 3.88. The number of carboxylic acids is 1. The number of carbonyl (C=O) groups is 2. The van der Waals surface area contributed by atoms with Crippen LogP contribution in [0.5, 0.6) is 0 Å². The number of nitro groups is 1. The number of nitro benzene ring substituents is 1. The van der Waals surface area contributed by atoms with Crippen molar-refractivity contribution in [1.82, 2.24) is 9.97 Å². The van der Waals surface area contributed by atoms with Gasteiger partial charge in [0, 0.05) is 18.6 Å². The van der Waals surface area contributed by atoms with Gasteiger partial charge in [0.05, 0.1) is 33.7 Å². The maximum absolute atomic E-state index is 11.9. The number of benzene rings is 2. The maximum atomic E-state index is 11.9. The number of aryl methyl sites for hydroxylation is 1. The summed E-state index contributed by atoms with van der Waals surface area (Å²) in [6.45, 7) is 0.163. The van der Waals surface area contributed by atoms with Crippen molar-refractivity contribution in [2.45, 2.75) is 12.8 Å². The van der Waals surface area contributed by atoms with E-state index in [4.69, 9.17) is 9.84 Å². The zero-order chi connectivity index (χ0) is 19.4. The second-order valence-corrected chi connectivity index (χ2v) is 5.76. The minimum Gasteiger partial charge on any atom is -0.478 e. The van der Waals surface area contributed by atoms with Crippen molar-refractivity contribution in [2.24, 2.45) is 0 Å². The number of rotatable bonds is 7. The van der Waals surface area contributed by atoms with E-state index in [2.05, 4.69) is 9.97 Å². The number of non-ortho nitro benzene ring substituents is 1. The molecule has 0 fully saturated rings. The molecule has 0 aliphatic heterocycles. The SMILES string of the molecule is O=C(O)c1ccc(C(=O)OCCCc2nc3ccc([N+](=O)[O-])cc3[nH]2)cc1. The minimum atomic E-state index is -1.06. The molecule has 1 aromatic heterocycles. The van der Waals surface area contributed by atoms with Crippen LogP contribution in [0.25, 0.3) is 11.0 Å². The van der Waals surface area contributed by atoms with Crippen molar-refractivity contribution in [3.8, 4) is 0 Å². The Labute approximate surface area is 152 Å². The Morgan fingerprint density at radius 2 is 1.85 bits per heavy atom. The number of aromatic amines is 1. The summed E-state index contributed by atoms with van der Waals surface area (Å²) in [5.41, 5.74) is 1.56. The van der Waals surface area contributed by atoms with Gasteiger partial charge < -0.3 is 14.8 Å². The van der Waals surface area contributed by atoms with Crippen LogP contribution in [0.4, 0.5) is 5.69 Å². The molecule has 27 heavy (non-hydrogen) atoms. The summed E-state index contributed by atoms with van der Waals surface area (Å²) in [5.74, 6) is -0.953. The van der Waals surface area contributed by atoms with E-state index >= 15 is 0 Å². The Kier molecular flexibility index (Phi) is 5.11. The summed E-state index contributed by atoms with van der Waals surface area (Å²) >= 11 is 0. The molecule has 0 bridgehead atoms. The molecule has 0 spiro atoms. The average molecular weight is 369 g/mol. The topological polar surface area (TPSA) is 135 Å². The molecule has 0 aliphatic carbocycles. The number of carboxylic acid groups (broad SMARTS) is 1. The van der Waals surface area contributed by atoms with Gasteiger partial charge in [-0.15, -0.1) is 0 Å². The number of ether oxygens (including phenoxy) is 1. The molecule has 9 heteroatoms. The van der Waals surface area contributed by atoms with Gasteiger partial charge in [-0.2, -0.15) is 0 Å². The zero-order valence-corrected chi connectivity index (χ0v) is 14.0. The van der Waals surface area contributed by atoms with Crippen molar-refractivity contribution >= 4 is 28.7 Å². The molecule has 0 unspecified atom stereocenters. The summed E-state index contributed by atoms with van der Waals surface area (Å²) < 4.78 is 5.16. The van der Waals surface area contributed by atoms with E-state index in [1.54, 1.807) is 6.07 Å². The molecule has 3 rings (SSSR count). The van der Waals surface area contributed by atoms with Gasteiger partial charge in [-0.05, 0) is 36.8 Å². The molecule has 0 radical (unpaired) electrons. The fourth-order valence-corrected chi connectivity index (χ4v) is 2.52. The summed E-state index contributed by atoms with van der Waals surface area (Å²) in [5, 5.41) is 19.6. The van der Waals surface area contributed by atoms with E-state index in [0.717, 1.165) is 0 Å². The largest absolute Gasteiger partial charge is 0.478 e. The quantitative estimate of drug-likeness (QED) is 0.283. The van der Waals surface area contributed by atoms with E-state index in [0.29, 0.717) is 29.7 Å². The molecule has 138 valence electrons. The normalized spacial score (nSPS) is 10.7. The number of esters is 1. The van der Waals surface area contributed by atoms with Gasteiger partial charge in [0.1, 0.15) is 5.82 Å². The zero-order valence-electron chi connectivity index (χ0n) is 14.0. The number of imidazole rings is 1. The first-order valence-electron chi connectivity index (χ1n) is 8.07. The van der Waals surface area contributed by atoms with Crippen LogP contribution in [-0.2, 0) is 11.2 Å². The lowest BCUT2D eigenvalue weighted by Crippen LogP contribution is -2.08. The maximum Gasteiger partial charge on any atom is 0.338 e. The highest BCUT2D eigenvalue weighted by Gasteiger charge is 2.11. The van der Waals surface area contributed by atoms with Crippen molar-refractivity contribution in [3.05, 3.63) is 69.5 Å². The van der Waals surface area contributed by atoms with E-state index in [-0.39, 0.29) is 23.4 Å². The highest BCUT2D eigenvalue weighted by molar-refractivity contribution is 5.92. The number of aromatic carboxylic acids is 1. The van der Waals surface area contributed by atoms with Gasteiger partial charge in [0.2, 0.25) is 0 Å². The highest BCUT2D eigenvalue weighted by atomic mass is 16.6. The second-order valence-electron chi connectivity index (χ2n) is 5.76. The summed E-state index contributed by atoms with van der Waals surface area (Å²) in [6, 6.07) is 9.88. The smallest absolute Gasteiger partial charge is 0.338 e. The van der Waals surface area contributed by atoms with Crippen LogP contribution in [0.2, 0.25) is 0 Å². The van der Waals surface area contributed by atoms with Crippen molar-refractivity contribution in [2.75, 3.05) is 6.61 Å². The van der Waals surface area contributed by atoms with E-state index in [1.165, 1.54) is 36.4 Å². The molecule has 0 saturated heterocycles. The average Bonchev–Trinajstić information content (AvgIpc) is 3.07. The standard InChI is InChI=1S/C18H15N3O6/c22-17(23)11-3-5-12(6-4-11)18(24)27-9-1-2-16-19-14-8-7-13(21(25)26)10-15(14)20-16/h3-8,10H,1-2,9H2,(H,19,20)(H,22,23). The third-order valence-electron chi connectivity index (χ3n) is 3.88. The highest BCUT2D eigenvalue weighted by Crippen LogP contribution is 2.19. The van der Waals surface area contributed by atoms with E-state index in [1.807, 2.05) is 0 Å². The predicted molar refractivity (Wildman–Crippen MR) is 94.8 cm³/mol. The third kappa shape index (κ3) is 4.27. The van der Waals surface area contributed by atoms with Gasteiger partial charge >= 0.3 is 11.9 Å². The molecule has 1 heterocycles. The fraction of sp³-hybridized carbons (Fsp3) is 0.167. The molecular weight excluding hydrogens is 354 g/mol. The van der Waals surface area contributed by atoms with Crippen molar-refractivity contribution < 1.29 is 24.4 Å². The molecule has 0 saturated carbocycles. The number of fused-ring (bicyclic) bond motifs is 1. The Balaban J connectivity index is 1.52. The van der Waals surface area contributed by atoms with Gasteiger partial charge in [-0.1, -0.05) is 0 Å². The van der Waals surface area contributed by atoms with Crippen LogP contribution in [0, 0.1) is 10.1 Å².